The molecule has 1 heterocycles. The summed E-state index contributed by atoms with van der Waals surface area (Å²) in [6, 6.07) is 4.26. The van der Waals surface area contributed by atoms with Gasteiger partial charge in [0.2, 0.25) is 0 Å². The van der Waals surface area contributed by atoms with Crippen LogP contribution < -0.4 is 0 Å². The maximum absolute atomic E-state index is 5.57. The van der Waals surface area contributed by atoms with Crippen molar-refractivity contribution in [1.29, 1.82) is 0 Å². The van der Waals surface area contributed by atoms with Crippen molar-refractivity contribution in [2.45, 2.75) is 26.7 Å². The molecule has 1 aromatic rings. The Hall–Kier alpha value is -0.980. The zero-order valence-electron chi connectivity index (χ0n) is 13.9. The molecule has 2 aliphatic rings. The van der Waals surface area contributed by atoms with Gasteiger partial charge in [-0.25, -0.2) is 0 Å². The largest absolute Gasteiger partial charge is 0.135 e. The van der Waals surface area contributed by atoms with E-state index in [9.17, 15) is 0 Å². The van der Waals surface area contributed by atoms with Crippen molar-refractivity contribution in [2.24, 2.45) is 0 Å². The van der Waals surface area contributed by atoms with Gasteiger partial charge in [0.15, 0.2) is 0 Å². The first-order chi connectivity index (χ1) is 11.9. The lowest BCUT2D eigenvalue weighted by Crippen LogP contribution is -2.06. The Morgan fingerprint density at radius 1 is 0.800 bits per heavy atom. The monoisotopic (exact) mass is 416 g/mol. The summed E-state index contributed by atoms with van der Waals surface area (Å²) in [6.07, 6.45) is 10.0. The number of hydrogen-bond donors (Lipinski definition) is 0. The summed E-state index contributed by atoms with van der Waals surface area (Å²) >= 11 is 23.5. The maximum atomic E-state index is 5.57. The molecule has 0 N–H and O–H groups in total. The quantitative estimate of drug-likeness (QED) is 0.501. The highest BCUT2D eigenvalue weighted by atomic mass is 32.1. The summed E-state index contributed by atoms with van der Waals surface area (Å²) in [7, 11) is 0. The van der Waals surface area contributed by atoms with Crippen LogP contribution in [0.5, 0.6) is 0 Å². The molecule has 0 amide bonds. The van der Waals surface area contributed by atoms with Crippen LogP contribution in [0.25, 0.3) is 11.1 Å². The summed E-state index contributed by atoms with van der Waals surface area (Å²) in [5, 5.41) is 0. The van der Waals surface area contributed by atoms with Gasteiger partial charge in [-0.3, -0.25) is 0 Å². The second-order valence-corrected chi connectivity index (χ2v) is 9.26. The van der Waals surface area contributed by atoms with Gasteiger partial charge in [-0.05, 0) is 49.3 Å². The summed E-state index contributed by atoms with van der Waals surface area (Å²) in [5.41, 5.74) is 4.42. The van der Waals surface area contributed by atoms with Crippen LogP contribution in [0.2, 0.25) is 0 Å². The molecule has 25 heavy (non-hydrogen) atoms. The lowest BCUT2D eigenvalue weighted by atomic mass is 9.96. The maximum Gasteiger partial charge on any atom is 0.0360 e. The Morgan fingerprint density at radius 3 is 1.56 bits per heavy atom. The summed E-state index contributed by atoms with van der Waals surface area (Å²) in [5.74, 6) is 0. The predicted molar refractivity (Wildman–Crippen MR) is 127 cm³/mol. The molecule has 1 aromatic heterocycles. The van der Waals surface area contributed by atoms with Crippen LogP contribution in [0.4, 0.5) is 0 Å². The van der Waals surface area contributed by atoms with Gasteiger partial charge in [0.25, 0.3) is 0 Å². The van der Waals surface area contributed by atoms with Crippen LogP contribution in [-0.4, -0.2) is 19.5 Å². The van der Waals surface area contributed by atoms with Crippen molar-refractivity contribution in [3.63, 3.8) is 0 Å². The van der Waals surface area contributed by atoms with E-state index in [1.165, 1.54) is 9.75 Å². The molecule has 0 spiro atoms. The number of thiocarbonyl (C=S) groups is 4. The van der Waals surface area contributed by atoms with Crippen LogP contribution in [-0.2, 0) is 0 Å². The molecule has 5 heteroatoms. The molecule has 0 nitrogen and oxygen atoms in total. The average Bonchev–Trinajstić information content (AvgIpc) is 3.04. The first-order valence-electron chi connectivity index (χ1n) is 7.89. The summed E-state index contributed by atoms with van der Waals surface area (Å²) in [4.78, 5) is 6.06. The van der Waals surface area contributed by atoms with Crippen molar-refractivity contribution in [3.8, 4) is 0 Å². The van der Waals surface area contributed by atoms with Gasteiger partial charge in [-0.2, -0.15) is 0 Å². The SMILES string of the molecule is CC(=S)C1=CCC(=S)C(c2ccc(C3=CC(C(C)=S)=CCC3=S)s2)=C1. The lowest BCUT2D eigenvalue weighted by Gasteiger charge is -2.14. The van der Waals surface area contributed by atoms with E-state index in [0.29, 0.717) is 0 Å². The van der Waals surface area contributed by atoms with Crippen molar-refractivity contribution in [2.75, 3.05) is 0 Å². The molecule has 0 unspecified atom stereocenters. The van der Waals surface area contributed by atoms with Gasteiger partial charge >= 0.3 is 0 Å². The van der Waals surface area contributed by atoms with E-state index in [2.05, 4.69) is 36.4 Å². The Morgan fingerprint density at radius 2 is 1.20 bits per heavy atom. The molecule has 0 fully saturated rings. The Bertz CT molecular complexity index is 857. The zero-order chi connectivity index (χ0) is 18.1. The second kappa shape index (κ2) is 7.72. The Labute approximate surface area is 174 Å². The van der Waals surface area contributed by atoms with Gasteiger partial charge in [0.05, 0.1) is 0 Å². The molecule has 0 atom stereocenters. The fourth-order valence-electron chi connectivity index (χ4n) is 2.75. The molecule has 0 aliphatic heterocycles. The van der Waals surface area contributed by atoms with E-state index in [1.807, 2.05) is 13.8 Å². The van der Waals surface area contributed by atoms with Crippen molar-refractivity contribution < 1.29 is 0 Å². The second-order valence-electron chi connectivity index (χ2n) is 5.97. The molecule has 3 rings (SSSR count). The van der Waals surface area contributed by atoms with Crippen LogP contribution in [0.15, 0.2) is 47.6 Å². The van der Waals surface area contributed by atoms with Crippen LogP contribution in [0, 0.1) is 0 Å². The van der Waals surface area contributed by atoms with E-state index in [0.717, 1.165) is 54.6 Å². The summed E-state index contributed by atoms with van der Waals surface area (Å²) < 4.78 is 0. The minimum absolute atomic E-state index is 0.774. The third kappa shape index (κ3) is 4.07. The highest BCUT2D eigenvalue weighted by molar-refractivity contribution is 7.82. The molecule has 0 radical (unpaired) electrons. The van der Waals surface area contributed by atoms with E-state index in [1.54, 1.807) is 11.3 Å². The molecular weight excluding hydrogens is 401 g/mol. The minimum Gasteiger partial charge on any atom is -0.135 e. The standard InChI is InChI=1S/C20H16S5/c1-11(21)13-3-5-17(23)15(9-13)19-7-8-20(25-19)16-10-14(12(2)22)4-6-18(16)24/h3-4,7-10H,5-6H2,1-2H3. The van der Waals surface area contributed by atoms with Gasteiger partial charge in [0.1, 0.15) is 0 Å². The van der Waals surface area contributed by atoms with Gasteiger partial charge in [-0.15, -0.1) is 11.3 Å². The van der Waals surface area contributed by atoms with Crippen LogP contribution in [0.3, 0.4) is 0 Å². The molecule has 126 valence electrons. The van der Waals surface area contributed by atoms with Gasteiger partial charge < -0.3 is 0 Å². The van der Waals surface area contributed by atoms with Crippen molar-refractivity contribution >= 4 is 90.8 Å². The van der Waals surface area contributed by atoms with E-state index < -0.39 is 0 Å². The molecule has 2 aliphatic carbocycles. The first kappa shape index (κ1) is 18.8. The van der Waals surface area contributed by atoms with Gasteiger partial charge in [0, 0.05) is 53.2 Å². The normalized spacial score (nSPS) is 17.5. The number of hydrogen-bond acceptors (Lipinski definition) is 5. The van der Waals surface area contributed by atoms with Gasteiger partial charge in [-0.1, -0.05) is 61.0 Å². The van der Waals surface area contributed by atoms with Crippen LogP contribution in [0.1, 0.15) is 36.4 Å². The first-order valence-corrected chi connectivity index (χ1v) is 10.3. The van der Waals surface area contributed by atoms with E-state index in [4.69, 9.17) is 48.9 Å². The zero-order valence-corrected chi connectivity index (χ0v) is 18.0. The average molecular weight is 417 g/mol. The molecule has 0 saturated carbocycles. The fourth-order valence-corrected chi connectivity index (χ4v) is 4.76. The Kier molecular flexibility index (Phi) is 5.81. The lowest BCUT2D eigenvalue weighted by molar-refractivity contribution is 1.47. The minimum atomic E-state index is 0.774. The van der Waals surface area contributed by atoms with Crippen molar-refractivity contribution in [1.82, 2.24) is 0 Å². The Balaban J connectivity index is 1.98. The van der Waals surface area contributed by atoms with E-state index >= 15 is 0 Å². The number of thiophene rings is 1. The topological polar surface area (TPSA) is 0 Å². The van der Waals surface area contributed by atoms with Crippen LogP contribution >= 0.6 is 60.2 Å². The highest BCUT2D eigenvalue weighted by Crippen LogP contribution is 2.36. The highest BCUT2D eigenvalue weighted by Gasteiger charge is 2.19. The predicted octanol–water partition coefficient (Wildman–Crippen LogP) is 6.69. The smallest absolute Gasteiger partial charge is 0.0360 e. The third-order valence-electron chi connectivity index (χ3n) is 4.17. The third-order valence-corrected chi connectivity index (χ3v) is 6.56. The summed E-state index contributed by atoms with van der Waals surface area (Å²) in [6.45, 7) is 3.91. The number of rotatable bonds is 4. The molecule has 0 bridgehead atoms. The molecule has 0 aromatic carbocycles. The molecular formula is C20H16S5. The fraction of sp³-hybridized carbons (Fsp3) is 0.200. The van der Waals surface area contributed by atoms with E-state index in [-0.39, 0.29) is 0 Å². The number of allylic oxidation sites excluding steroid dienone is 8. The molecule has 0 saturated heterocycles. The van der Waals surface area contributed by atoms with Crippen molar-refractivity contribution in [3.05, 3.63) is 57.3 Å².